The number of unbranched alkanes of at least 4 members (excludes halogenated alkanes) is 9. The normalized spacial score (nSPS) is 18.2. The van der Waals surface area contributed by atoms with Crippen molar-refractivity contribution in [1.82, 2.24) is 0 Å². The molecule has 0 spiro atoms. The number of nitrogens with one attached hydrogen (secondary N) is 2. The molecule has 2 heterocycles. The molecule has 2 aliphatic heterocycles. The minimum absolute atomic E-state index is 0.0275. The Morgan fingerprint density at radius 2 is 0.641 bits per heavy atom. The first-order valence-electron chi connectivity index (χ1n) is 23.2. The van der Waals surface area contributed by atoms with Gasteiger partial charge >= 0.3 is 14.2 Å². The summed E-state index contributed by atoms with van der Waals surface area (Å²) in [7, 11) is -1.10. The second-order valence-electron chi connectivity index (χ2n) is 16.9. The van der Waals surface area contributed by atoms with Crippen molar-refractivity contribution in [3.63, 3.8) is 0 Å². The molecule has 2 amide bonds. The fourth-order valence-corrected chi connectivity index (χ4v) is 8.74. The van der Waals surface area contributed by atoms with Gasteiger partial charge in [-0.25, -0.2) is 0 Å². The van der Waals surface area contributed by atoms with Gasteiger partial charge in [0.2, 0.25) is 11.8 Å². The summed E-state index contributed by atoms with van der Waals surface area (Å²) < 4.78 is 26.1. The van der Waals surface area contributed by atoms with Crippen LogP contribution in [0.15, 0.2) is 170 Å². The Morgan fingerprint density at radius 1 is 0.359 bits per heavy atom. The lowest BCUT2D eigenvalue weighted by Gasteiger charge is -2.19. The van der Waals surface area contributed by atoms with E-state index in [1.165, 1.54) is 25.7 Å². The number of rotatable bonds is 21. The van der Waals surface area contributed by atoms with E-state index in [4.69, 9.17) is 18.6 Å². The van der Waals surface area contributed by atoms with Crippen LogP contribution in [0.4, 0.5) is 11.4 Å². The molecular weight excluding hydrogens is 794 g/mol. The van der Waals surface area contributed by atoms with Gasteiger partial charge in [-0.05, 0) is 70.3 Å². The monoisotopic (exact) mass is 852 g/mol. The molecule has 64 heavy (non-hydrogen) atoms. The molecule has 6 aromatic carbocycles. The summed E-state index contributed by atoms with van der Waals surface area (Å²) in [6, 6.07) is 56.3. The highest BCUT2D eigenvalue weighted by atomic mass is 16.7. The summed E-state index contributed by atoms with van der Waals surface area (Å²) in [5.74, 6) is 0.0549. The summed E-state index contributed by atoms with van der Waals surface area (Å²) >= 11 is 0. The van der Waals surface area contributed by atoms with Gasteiger partial charge in [-0.1, -0.05) is 197 Å². The van der Waals surface area contributed by atoms with E-state index in [9.17, 15) is 9.59 Å². The zero-order valence-corrected chi connectivity index (χ0v) is 36.6. The van der Waals surface area contributed by atoms with Crippen LogP contribution in [0.1, 0.15) is 124 Å². The lowest BCUT2D eigenvalue weighted by Crippen LogP contribution is -2.32. The van der Waals surface area contributed by atoms with Crippen LogP contribution >= 0.6 is 0 Å². The fourth-order valence-electron chi connectivity index (χ4n) is 8.74. The van der Waals surface area contributed by atoms with Crippen molar-refractivity contribution in [2.45, 2.75) is 101 Å². The summed E-state index contributed by atoms with van der Waals surface area (Å²) in [6.45, 7) is 0. The van der Waals surface area contributed by atoms with Crippen LogP contribution in [0, 0.1) is 0 Å². The lowest BCUT2D eigenvalue weighted by atomic mass is 9.79. The molecule has 2 fully saturated rings. The molecule has 326 valence electrons. The first-order valence-corrected chi connectivity index (χ1v) is 23.2. The average Bonchev–Trinajstić information content (AvgIpc) is 4.00. The number of carbonyl (C=O) groups excluding carboxylic acids is 2. The van der Waals surface area contributed by atoms with Crippen LogP contribution in [0.25, 0.3) is 0 Å². The molecule has 0 aromatic heterocycles. The van der Waals surface area contributed by atoms with Gasteiger partial charge in [0, 0.05) is 24.2 Å². The van der Waals surface area contributed by atoms with E-state index in [2.05, 4.69) is 59.2 Å². The van der Waals surface area contributed by atoms with E-state index in [0.29, 0.717) is 12.8 Å². The van der Waals surface area contributed by atoms with E-state index in [1.807, 2.05) is 121 Å². The Kier molecular flexibility index (Phi) is 16.3. The fraction of sp³-hybridized carbons (Fsp3) is 0.296. The lowest BCUT2D eigenvalue weighted by molar-refractivity contribution is -0.117. The number of hydrogen-bond donors (Lipinski definition) is 2. The van der Waals surface area contributed by atoms with Gasteiger partial charge in [0.05, 0.1) is 24.4 Å². The molecule has 2 N–H and O–H groups in total. The van der Waals surface area contributed by atoms with Crippen molar-refractivity contribution in [2.24, 2.45) is 0 Å². The minimum Gasteiger partial charge on any atom is -0.397 e. The summed E-state index contributed by atoms with van der Waals surface area (Å²) in [6.07, 6.45) is 10.9. The average molecular weight is 853 g/mol. The van der Waals surface area contributed by atoms with Crippen molar-refractivity contribution >= 4 is 48.4 Å². The Labute approximate surface area is 379 Å². The third-order valence-corrected chi connectivity index (χ3v) is 12.1. The SMILES string of the molecule is O=C(CCCCCCCCCCCCC(=O)Nc1cccc(B2OC(c3ccccc3)C(c3ccccc3)O2)c1)Nc1cccc(B2OC(c3ccccc3)C(c3ccccc3)O2)c1. The third-order valence-electron chi connectivity index (χ3n) is 12.1. The predicted octanol–water partition coefficient (Wildman–Crippen LogP) is 11.4. The van der Waals surface area contributed by atoms with Crippen LogP contribution in [0.2, 0.25) is 0 Å². The van der Waals surface area contributed by atoms with E-state index < -0.39 is 14.2 Å². The Balaban J connectivity index is 0.675. The van der Waals surface area contributed by atoms with Gasteiger partial charge in [0.25, 0.3) is 0 Å². The van der Waals surface area contributed by atoms with Crippen LogP contribution in [-0.2, 0) is 28.2 Å². The second-order valence-corrected chi connectivity index (χ2v) is 16.9. The molecule has 4 unspecified atom stereocenters. The third kappa shape index (κ3) is 12.5. The number of carbonyl (C=O) groups is 2. The number of amides is 2. The smallest absolute Gasteiger partial charge is 0.397 e. The van der Waals surface area contributed by atoms with Crippen LogP contribution in [0.5, 0.6) is 0 Å². The maximum absolute atomic E-state index is 12.9. The molecule has 0 aliphatic carbocycles. The number of anilines is 2. The molecule has 0 radical (unpaired) electrons. The quantitative estimate of drug-likeness (QED) is 0.0553. The molecular formula is C54H58B2N2O6. The Hall–Kier alpha value is -5.77. The molecule has 4 atom stereocenters. The summed E-state index contributed by atoms with van der Waals surface area (Å²) in [5, 5.41) is 6.17. The van der Waals surface area contributed by atoms with Crippen LogP contribution in [-0.4, -0.2) is 26.1 Å². The molecule has 2 aliphatic rings. The van der Waals surface area contributed by atoms with Crippen LogP contribution in [0.3, 0.4) is 0 Å². The van der Waals surface area contributed by atoms with Gasteiger partial charge in [-0.3, -0.25) is 9.59 Å². The first kappa shape index (κ1) is 44.8. The molecule has 0 saturated carbocycles. The van der Waals surface area contributed by atoms with Gasteiger partial charge in [-0.2, -0.15) is 0 Å². The van der Waals surface area contributed by atoms with Gasteiger partial charge < -0.3 is 29.3 Å². The van der Waals surface area contributed by atoms with Crippen molar-refractivity contribution in [3.8, 4) is 0 Å². The summed E-state index contributed by atoms with van der Waals surface area (Å²) in [5.41, 5.74) is 7.53. The molecule has 8 rings (SSSR count). The zero-order chi connectivity index (χ0) is 43.8. The highest BCUT2D eigenvalue weighted by molar-refractivity contribution is 6.62. The predicted molar refractivity (Wildman–Crippen MR) is 257 cm³/mol. The van der Waals surface area contributed by atoms with Gasteiger partial charge in [-0.15, -0.1) is 0 Å². The molecule has 2 saturated heterocycles. The minimum atomic E-state index is -0.549. The first-order chi connectivity index (χ1) is 31.6. The number of hydrogen-bond acceptors (Lipinski definition) is 6. The van der Waals surface area contributed by atoms with Crippen molar-refractivity contribution in [3.05, 3.63) is 192 Å². The van der Waals surface area contributed by atoms with E-state index in [-0.39, 0.29) is 36.2 Å². The highest BCUT2D eigenvalue weighted by Crippen LogP contribution is 2.42. The second kappa shape index (κ2) is 23.2. The molecule has 6 aromatic rings. The molecule has 0 bridgehead atoms. The highest BCUT2D eigenvalue weighted by Gasteiger charge is 2.43. The topological polar surface area (TPSA) is 95.1 Å². The zero-order valence-electron chi connectivity index (χ0n) is 36.6. The Bertz CT molecular complexity index is 2090. The van der Waals surface area contributed by atoms with Crippen molar-refractivity contribution in [2.75, 3.05) is 10.6 Å². The van der Waals surface area contributed by atoms with Crippen molar-refractivity contribution in [1.29, 1.82) is 0 Å². The maximum atomic E-state index is 12.9. The van der Waals surface area contributed by atoms with E-state index in [1.54, 1.807) is 0 Å². The maximum Gasteiger partial charge on any atom is 0.495 e. The molecule has 10 heteroatoms. The standard InChI is InChI=1S/C54H58B2N2O6/c59-49(57-47-35-23-33-45(39-47)55-61-51(41-25-13-9-14-26-41)52(62-55)42-27-15-10-16-28-42)37-21-7-5-3-1-2-4-6-8-22-38-50(60)58-48-36-24-34-46(40-48)56-63-53(43-29-17-11-18-30-43)54(64-56)44-31-19-12-20-32-44/h9-20,23-36,39-40,51-54H,1-8,21-22,37-38H2,(H,57,59)(H,58,60). The van der Waals surface area contributed by atoms with Gasteiger partial charge in [0.15, 0.2) is 0 Å². The molecule has 8 nitrogen and oxygen atoms in total. The van der Waals surface area contributed by atoms with Crippen LogP contribution < -0.4 is 21.6 Å². The summed E-state index contributed by atoms with van der Waals surface area (Å²) in [4.78, 5) is 25.7. The Morgan fingerprint density at radius 3 is 0.938 bits per heavy atom. The van der Waals surface area contributed by atoms with Gasteiger partial charge in [0.1, 0.15) is 0 Å². The van der Waals surface area contributed by atoms with E-state index in [0.717, 1.165) is 83.1 Å². The number of benzene rings is 6. The van der Waals surface area contributed by atoms with E-state index >= 15 is 0 Å². The largest absolute Gasteiger partial charge is 0.495 e. The van der Waals surface area contributed by atoms with Crippen molar-refractivity contribution < 1.29 is 28.2 Å².